The number of hydrogen-bond acceptors (Lipinski definition) is 6. The van der Waals surface area contributed by atoms with Gasteiger partial charge in [-0.3, -0.25) is 9.59 Å². The molecule has 4 rings (SSSR count). The van der Waals surface area contributed by atoms with Crippen LogP contribution in [-0.4, -0.2) is 54.1 Å². The molecule has 0 saturated carbocycles. The van der Waals surface area contributed by atoms with Crippen LogP contribution >= 0.6 is 23.2 Å². The van der Waals surface area contributed by atoms with Gasteiger partial charge in [-0.15, -0.1) is 0 Å². The zero-order chi connectivity index (χ0) is 23.8. The fourth-order valence-electron chi connectivity index (χ4n) is 3.69. The number of aromatic nitrogens is 2. The van der Waals surface area contributed by atoms with Crippen molar-refractivity contribution in [3.8, 4) is 0 Å². The lowest BCUT2D eigenvalue weighted by atomic mass is 10.0. The largest absolute Gasteiger partial charge is 0.396 e. The smallest absolute Gasteiger partial charge is 0.241 e. The molecule has 2 heterocycles. The number of carbonyl (C=O) groups is 2. The molecule has 1 unspecified atom stereocenters. The summed E-state index contributed by atoms with van der Waals surface area (Å²) in [6.45, 7) is 0.488. The number of likely N-dealkylation sites (tertiary alicyclic amines) is 1. The minimum Gasteiger partial charge on any atom is -0.396 e. The van der Waals surface area contributed by atoms with Crippen molar-refractivity contribution < 1.29 is 18.0 Å². The van der Waals surface area contributed by atoms with E-state index in [1.54, 1.807) is 18.5 Å². The Balaban J connectivity index is 1.65. The second kappa shape index (κ2) is 9.30. The highest BCUT2D eigenvalue weighted by Crippen LogP contribution is 2.31. The van der Waals surface area contributed by atoms with Crippen molar-refractivity contribution in [3.05, 3.63) is 52.3 Å². The second-order valence-electron chi connectivity index (χ2n) is 7.80. The number of piperidine rings is 1. The lowest BCUT2D eigenvalue weighted by Gasteiger charge is -2.30. The summed E-state index contributed by atoms with van der Waals surface area (Å²) >= 11 is 12.0. The molecule has 174 valence electrons. The minimum atomic E-state index is -4.18. The number of ketones is 1. The number of nitrogen functional groups attached to an aromatic ring is 1. The first-order chi connectivity index (χ1) is 15.6. The number of imidazole rings is 1. The highest BCUT2D eigenvalue weighted by molar-refractivity contribution is 7.89. The van der Waals surface area contributed by atoms with Gasteiger partial charge in [0.1, 0.15) is 11.8 Å². The van der Waals surface area contributed by atoms with E-state index in [1.807, 2.05) is 6.07 Å². The summed E-state index contributed by atoms with van der Waals surface area (Å²) in [6.07, 6.45) is 2.13. The summed E-state index contributed by atoms with van der Waals surface area (Å²) in [5.74, 6) is -0.341. The molecule has 2 aromatic carbocycles. The number of H-pyrrole nitrogens is 1. The fraction of sp³-hybridized carbons (Fsp3) is 0.286. The normalized spacial score (nSPS) is 15.7. The average molecular weight is 510 g/mol. The Hall–Kier alpha value is -2.66. The van der Waals surface area contributed by atoms with Crippen molar-refractivity contribution in [3.63, 3.8) is 0 Å². The van der Waals surface area contributed by atoms with Crippen LogP contribution < -0.4 is 10.5 Å². The Kier molecular flexibility index (Phi) is 6.62. The van der Waals surface area contributed by atoms with Crippen LogP contribution in [0.4, 0.5) is 5.69 Å². The van der Waals surface area contributed by atoms with E-state index in [2.05, 4.69) is 14.7 Å². The number of anilines is 1. The van der Waals surface area contributed by atoms with E-state index in [1.165, 1.54) is 17.0 Å². The molecule has 0 radical (unpaired) electrons. The molecule has 1 aliphatic heterocycles. The maximum Gasteiger partial charge on any atom is 0.241 e. The van der Waals surface area contributed by atoms with Crippen molar-refractivity contribution in [2.24, 2.45) is 0 Å². The van der Waals surface area contributed by atoms with Gasteiger partial charge >= 0.3 is 0 Å². The molecule has 1 aliphatic rings. The second-order valence-corrected chi connectivity index (χ2v) is 10.3. The summed E-state index contributed by atoms with van der Waals surface area (Å²) < 4.78 is 28.8. The molecular formula is C21H21Cl2N5O4S. The molecule has 33 heavy (non-hydrogen) atoms. The standard InChI is InChI=1S/C21H21Cl2N5O4S/c22-15-9-14(10-16(23)20(15)24)33(31,32)27-19(21(30)28-5-3-13(29)4-6-28)8-12-1-2-17-18(7-12)26-11-25-17/h1-2,7,9-11,19,27H,3-6,8,24H2,(H,25,26). The summed E-state index contributed by atoms with van der Waals surface area (Å²) in [7, 11) is -4.18. The van der Waals surface area contributed by atoms with Crippen LogP contribution in [0.15, 0.2) is 41.6 Å². The SMILES string of the molecule is Nc1c(Cl)cc(S(=O)(=O)NC(Cc2ccc3[nH]cnc3c2)C(=O)N2CCC(=O)CC2)cc1Cl. The van der Waals surface area contributed by atoms with E-state index in [0.29, 0.717) is 5.52 Å². The third kappa shape index (κ3) is 5.14. The number of aromatic amines is 1. The quantitative estimate of drug-likeness (QED) is 0.436. The van der Waals surface area contributed by atoms with Crippen LogP contribution in [0, 0.1) is 0 Å². The lowest BCUT2D eigenvalue weighted by Crippen LogP contribution is -2.51. The molecule has 3 aromatic rings. The highest BCUT2D eigenvalue weighted by Gasteiger charge is 2.32. The van der Waals surface area contributed by atoms with Crippen molar-refractivity contribution in [2.75, 3.05) is 18.8 Å². The zero-order valence-corrected chi connectivity index (χ0v) is 19.7. The molecule has 1 fully saturated rings. The number of halogens is 2. The third-order valence-electron chi connectivity index (χ3n) is 5.52. The Bertz CT molecular complexity index is 1310. The highest BCUT2D eigenvalue weighted by atomic mass is 35.5. The topological polar surface area (TPSA) is 138 Å². The Morgan fingerprint density at radius 3 is 2.52 bits per heavy atom. The van der Waals surface area contributed by atoms with E-state index in [9.17, 15) is 18.0 Å². The number of sulfonamides is 1. The molecule has 1 amide bonds. The summed E-state index contributed by atoms with van der Waals surface area (Å²) in [5.41, 5.74) is 8.02. The van der Waals surface area contributed by atoms with E-state index in [4.69, 9.17) is 28.9 Å². The molecule has 1 saturated heterocycles. The molecule has 4 N–H and O–H groups in total. The first kappa shape index (κ1) is 23.5. The number of rotatable bonds is 6. The van der Waals surface area contributed by atoms with Crippen LogP contribution in [0.3, 0.4) is 0 Å². The predicted octanol–water partition coefficient (Wildman–Crippen LogP) is 2.53. The van der Waals surface area contributed by atoms with Crippen LogP contribution in [0.5, 0.6) is 0 Å². The van der Waals surface area contributed by atoms with Gasteiger partial charge in [0.15, 0.2) is 0 Å². The molecule has 1 aromatic heterocycles. The minimum absolute atomic E-state index is 0.00993. The molecule has 0 bridgehead atoms. The van der Waals surface area contributed by atoms with Gasteiger partial charge in [-0.05, 0) is 36.2 Å². The number of nitrogens with one attached hydrogen (secondary N) is 2. The molecule has 0 spiro atoms. The summed E-state index contributed by atoms with van der Waals surface area (Å²) in [6, 6.07) is 6.65. The number of carbonyl (C=O) groups excluding carboxylic acids is 2. The van der Waals surface area contributed by atoms with Gasteiger partial charge in [0.25, 0.3) is 0 Å². The van der Waals surface area contributed by atoms with Crippen molar-refractivity contribution in [1.29, 1.82) is 0 Å². The summed E-state index contributed by atoms with van der Waals surface area (Å²) in [4.78, 5) is 33.4. The molecule has 1 atom stereocenters. The maximum atomic E-state index is 13.3. The van der Waals surface area contributed by atoms with E-state index >= 15 is 0 Å². The Labute approximate surface area is 200 Å². The maximum absolute atomic E-state index is 13.3. The van der Waals surface area contributed by atoms with E-state index < -0.39 is 22.0 Å². The van der Waals surface area contributed by atoms with Gasteiger partial charge in [-0.1, -0.05) is 29.3 Å². The lowest BCUT2D eigenvalue weighted by molar-refractivity contribution is -0.136. The Morgan fingerprint density at radius 2 is 1.85 bits per heavy atom. The van der Waals surface area contributed by atoms with E-state index in [-0.39, 0.29) is 58.8 Å². The van der Waals surface area contributed by atoms with Crippen LogP contribution in [-0.2, 0) is 26.0 Å². The third-order valence-corrected chi connectivity index (χ3v) is 7.59. The molecular weight excluding hydrogens is 489 g/mol. The van der Waals surface area contributed by atoms with Crippen LogP contribution in [0.25, 0.3) is 11.0 Å². The number of benzene rings is 2. The van der Waals surface area contributed by atoms with E-state index in [0.717, 1.165) is 11.1 Å². The van der Waals surface area contributed by atoms with Crippen LogP contribution in [0.2, 0.25) is 10.0 Å². The first-order valence-electron chi connectivity index (χ1n) is 10.1. The average Bonchev–Trinajstić information content (AvgIpc) is 3.24. The number of hydrogen-bond donors (Lipinski definition) is 3. The van der Waals surface area contributed by atoms with Gasteiger partial charge in [-0.2, -0.15) is 4.72 Å². The van der Waals surface area contributed by atoms with Crippen molar-refractivity contribution >= 4 is 61.6 Å². The van der Waals surface area contributed by atoms with Crippen molar-refractivity contribution in [2.45, 2.75) is 30.2 Å². The molecule has 12 heteroatoms. The van der Waals surface area contributed by atoms with Gasteiger partial charge in [0, 0.05) is 25.9 Å². The van der Waals surface area contributed by atoms with Gasteiger partial charge in [-0.25, -0.2) is 13.4 Å². The summed E-state index contributed by atoms with van der Waals surface area (Å²) in [5, 5.41) is -0.0199. The monoisotopic (exact) mass is 509 g/mol. The van der Waals surface area contributed by atoms with Crippen LogP contribution in [0.1, 0.15) is 18.4 Å². The fourth-order valence-corrected chi connectivity index (χ4v) is 5.55. The molecule has 0 aliphatic carbocycles. The first-order valence-corrected chi connectivity index (χ1v) is 12.4. The van der Waals surface area contributed by atoms with Crippen molar-refractivity contribution in [1.82, 2.24) is 19.6 Å². The number of amides is 1. The van der Waals surface area contributed by atoms with Gasteiger partial charge in [0.05, 0.1) is 38.0 Å². The Morgan fingerprint density at radius 1 is 1.18 bits per heavy atom. The molecule has 9 nitrogen and oxygen atoms in total. The predicted molar refractivity (Wildman–Crippen MR) is 126 cm³/mol. The number of nitrogens with two attached hydrogens (primary N) is 1. The number of nitrogens with zero attached hydrogens (tertiary/aromatic N) is 2. The zero-order valence-electron chi connectivity index (χ0n) is 17.3. The number of Topliss-reactive ketones (excluding diaryl/α,β-unsaturated/α-hetero) is 1. The van der Waals surface area contributed by atoms with Gasteiger partial charge < -0.3 is 15.6 Å². The van der Waals surface area contributed by atoms with Gasteiger partial charge in [0.2, 0.25) is 15.9 Å². The number of fused-ring (bicyclic) bond motifs is 1.